The first-order valence-electron chi connectivity index (χ1n) is 7.28. The molecule has 2 heteroatoms. The lowest BCUT2D eigenvalue weighted by Gasteiger charge is -2.39. The normalized spacial score (nSPS) is 45.4. The first kappa shape index (κ1) is 12.0. The molecule has 2 saturated carbocycles. The lowest BCUT2D eigenvalue weighted by molar-refractivity contribution is -0.0873. The van der Waals surface area contributed by atoms with Gasteiger partial charge in [-0.05, 0) is 48.3 Å². The lowest BCUT2D eigenvalue weighted by Crippen LogP contribution is -2.34. The van der Waals surface area contributed by atoms with Gasteiger partial charge < -0.3 is 9.47 Å². The van der Waals surface area contributed by atoms with Crippen molar-refractivity contribution in [3.8, 4) is 0 Å². The van der Waals surface area contributed by atoms with Gasteiger partial charge in [0.05, 0.1) is 13.2 Å². The number of ether oxygens (including phenoxy) is 2. The van der Waals surface area contributed by atoms with Gasteiger partial charge in [-0.2, -0.15) is 0 Å². The first-order valence-corrected chi connectivity index (χ1v) is 7.28. The van der Waals surface area contributed by atoms with Gasteiger partial charge in [-0.3, -0.25) is 0 Å². The molecule has 3 fully saturated rings. The fraction of sp³-hybridized carbons (Fsp3) is 1.00. The van der Waals surface area contributed by atoms with Crippen LogP contribution in [0.4, 0.5) is 0 Å². The van der Waals surface area contributed by atoms with Crippen molar-refractivity contribution in [2.24, 2.45) is 22.7 Å². The minimum atomic E-state index is 0.0898. The Morgan fingerprint density at radius 2 is 1.76 bits per heavy atom. The van der Waals surface area contributed by atoms with Crippen LogP contribution in [0, 0.1) is 22.7 Å². The Bertz CT molecular complexity index is 293. The fourth-order valence-electron chi connectivity index (χ4n) is 4.93. The zero-order chi connectivity index (χ0) is 12.1. The highest BCUT2D eigenvalue weighted by atomic mass is 16.7. The molecule has 3 atom stereocenters. The van der Waals surface area contributed by atoms with Gasteiger partial charge in [-0.1, -0.05) is 20.8 Å². The molecule has 98 valence electrons. The Balaban J connectivity index is 1.82. The molecule has 1 heterocycles. The van der Waals surface area contributed by atoms with E-state index in [1.54, 1.807) is 0 Å². The smallest absolute Gasteiger partial charge is 0.158 e. The number of hydrogen-bond acceptors (Lipinski definition) is 2. The lowest BCUT2D eigenvalue weighted by atomic mass is 9.67. The third kappa shape index (κ3) is 1.76. The predicted molar refractivity (Wildman–Crippen MR) is 67.6 cm³/mol. The minimum absolute atomic E-state index is 0.0898. The molecule has 3 rings (SSSR count). The van der Waals surface area contributed by atoms with Crippen molar-refractivity contribution in [2.45, 2.75) is 59.2 Å². The summed E-state index contributed by atoms with van der Waals surface area (Å²) < 4.78 is 11.4. The van der Waals surface area contributed by atoms with E-state index in [9.17, 15) is 0 Å². The van der Waals surface area contributed by atoms with E-state index in [0.717, 1.165) is 31.5 Å². The second-order valence-electron chi connectivity index (χ2n) is 7.13. The molecule has 1 aliphatic heterocycles. The molecular formula is C15H26O2. The highest BCUT2D eigenvalue weighted by molar-refractivity contribution is 5.07. The van der Waals surface area contributed by atoms with E-state index in [1.165, 1.54) is 25.7 Å². The van der Waals surface area contributed by atoms with Gasteiger partial charge in [-0.25, -0.2) is 0 Å². The van der Waals surface area contributed by atoms with Crippen LogP contribution in [-0.4, -0.2) is 19.5 Å². The van der Waals surface area contributed by atoms with Crippen molar-refractivity contribution in [1.29, 1.82) is 0 Å². The predicted octanol–water partition coefficient (Wildman–Crippen LogP) is 3.60. The molecule has 3 aliphatic rings. The molecule has 17 heavy (non-hydrogen) atoms. The van der Waals surface area contributed by atoms with E-state index in [-0.39, 0.29) is 6.29 Å². The van der Waals surface area contributed by atoms with Crippen LogP contribution in [0.5, 0.6) is 0 Å². The van der Waals surface area contributed by atoms with Gasteiger partial charge in [0.15, 0.2) is 6.29 Å². The summed E-state index contributed by atoms with van der Waals surface area (Å²) in [6.45, 7) is 8.98. The average Bonchev–Trinajstić information content (AvgIpc) is 2.92. The van der Waals surface area contributed by atoms with Crippen molar-refractivity contribution in [3.63, 3.8) is 0 Å². The van der Waals surface area contributed by atoms with Crippen LogP contribution < -0.4 is 0 Å². The zero-order valence-electron chi connectivity index (χ0n) is 11.5. The third-order valence-corrected chi connectivity index (χ3v) is 5.98. The summed E-state index contributed by atoms with van der Waals surface area (Å²) in [5, 5.41) is 0. The molecule has 0 unspecified atom stereocenters. The van der Waals surface area contributed by atoms with E-state index in [1.807, 2.05) is 0 Å². The van der Waals surface area contributed by atoms with Gasteiger partial charge in [0.2, 0.25) is 0 Å². The van der Waals surface area contributed by atoms with E-state index in [0.29, 0.717) is 10.8 Å². The Kier molecular flexibility index (Phi) is 2.79. The Morgan fingerprint density at radius 1 is 1.06 bits per heavy atom. The Morgan fingerprint density at radius 3 is 2.47 bits per heavy atom. The molecule has 0 bridgehead atoms. The topological polar surface area (TPSA) is 18.5 Å². The van der Waals surface area contributed by atoms with Crippen molar-refractivity contribution in [2.75, 3.05) is 13.2 Å². The van der Waals surface area contributed by atoms with E-state index < -0.39 is 0 Å². The molecule has 0 aromatic heterocycles. The molecule has 0 aromatic carbocycles. The molecule has 0 N–H and O–H groups in total. The standard InChI is InChI=1S/C15H26O2/c1-11-4-5-12-14(2,3)6-7-15(11,12)10-13-16-8-9-17-13/h11-13H,4-10H2,1-3H3/t11-,12+,15-/m1/s1. The van der Waals surface area contributed by atoms with Crippen LogP contribution in [0.3, 0.4) is 0 Å². The van der Waals surface area contributed by atoms with Gasteiger partial charge in [0.25, 0.3) is 0 Å². The number of rotatable bonds is 2. The van der Waals surface area contributed by atoms with E-state index in [4.69, 9.17) is 9.47 Å². The van der Waals surface area contributed by atoms with Crippen molar-refractivity contribution in [3.05, 3.63) is 0 Å². The maximum atomic E-state index is 5.71. The summed E-state index contributed by atoms with van der Waals surface area (Å²) in [6.07, 6.45) is 6.82. The fourth-order valence-corrected chi connectivity index (χ4v) is 4.93. The van der Waals surface area contributed by atoms with Crippen LogP contribution >= 0.6 is 0 Å². The van der Waals surface area contributed by atoms with Crippen LogP contribution in [0.2, 0.25) is 0 Å². The SMILES string of the molecule is C[C@@H]1CC[C@H]2C(C)(C)CC[C@@]12CC1OCCO1. The summed E-state index contributed by atoms with van der Waals surface area (Å²) >= 11 is 0. The maximum Gasteiger partial charge on any atom is 0.158 e. The highest BCUT2D eigenvalue weighted by Gasteiger charge is 2.58. The quantitative estimate of drug-likeness (QED) is 0.732. The maximum absolute atomic E-state index is 5.71. The molecule has 0 spiro atoms. The summed E-state index contributed by atoms with van der Waals surface area (Å²) in [6, 6.07) is 0. The number of hydrogen-bond donors (Lipinski definition) is 0. The third-order valence-electron chi connectivity index (χ3n) is 5.98. The monoisotopic (exact) mass is 238 g/mol. The van der Waals surface area contributed by atoms with Crippen molar-refractivity contribution in [1.82, 2.24) is 0 Å². The van der Waals surface area contributed by atoms with Crippen LogP contribution in [0.1, 0.15) is 52.9 Å². The molecule has 0 radical (unpaired) electrons. The van der Waals surface area contributed by atoms with Crippen LogP contribution in [-0.2, 0) is 9.47 Å². The van der Waals surface area contributed by atoms with Gasteiger partial charge in [0, 0.05) is 6.42 Å². The van der Waals surface area contributed by atoms with Crippen molar-refractivity contribution < 1.29 is 9.47 Å². The molecular weight excluding hydrogens is 212 g/mol. The van der Waals surface area contributed by atoms with Gasteiger partial charge in [0.1, 0.15) is 0 Å². The minimum Gasteiger partial charge on any atom is -0.350 e. The van der Waals surface area contributed by atoms with Crippen LogP contribution in [0.25, 0.3) is 0 Å². The second-order valence-corrected chi connectivity index (χ2v) is 7.13. The largest absolute Gasteiger partial charge is 0.350 e. The molecule has 1 saturated heterocycles. The molecule has 2 nitrogen and oxygen atoms in total. The summed E-state index contributed by atoms with van der Waals surface area (Å²) in [5.41, 5.74) is 1.04. The van der Waals surface area contributed by atoms with Gasteiger partial charge >= 0.3 is 0 Å². The average molecular weight is 238 g/mol. The highest BCUT2D eigenvalue weighted by Crippen LogP contribution is 2.66. The Hall–Kier alpha value is -0.0800. The molecule has 0 aromatic rings. The first-order chi connectivity index (χ1) is 8.05. The summed E-state index contributed by atoms with van der Waals surface area (Å²) in [4.78, 5) is 0. The van der Waals surface area contributed by atoms with E-state index >= 15 is 0 Å². The molecule has 0 amide bonds. The van der Waals surface area contributed by atoms with E-state index in [2.05, 4.69) is 20.8 Å². The van der Waals surface area contributed by atoms with Gasteiger partial charge in [-0.15, -0.1) is 0 Å². The van der Waals surface area contributed by atoms with Crippen LogP contribution in [0.15, 0.2) is 0 Å². The summed E-state index contributed by atoms with van der Waals surface area (Å²) in [7, 11) is 0. The summed E-state index contributed by atoms with van der Waals surface area (Å²) in [5.74, 6) is 1.74. The van der Waals surface area contributed by atoms with Crippen molar-refractivity contribution >= 4 is 0 Å². The molecule has 2 aliphatic carbocycles. The Labute approximate surface area is 105 Å². The zero-order valence-corrected chi connectivity index (χ0v) is 11.5. The number of fused-ring (bicyclic) bond motifs is 1. The second kappa shape index (κ2) is 3.96.